The molecule has 12 nitrogen and oxygen atoms in total. The Morgan fingerprint density at radius 3 is 2.27 bits per heavy atom. The largest absolute Gasteiger partial charge is 0.497 e. The third-order valence-corrected chi connectivity index (χ3v) is 10.5. The second-order valence-corrected chi connectivity index (χ2v) is 13.2. The summed E-state index contributed by atoms with van der Waals surface area (Å²) >= 11 is 0. The lowest BCUT2D eigenvalue weighted by Crippen LogP contribution is -2.55. The Morgan fingerprint density at radius 1 is 0.889 bits per heavy atom. The lowest BCUT2D eigenvalue weighted by Gasteiger charge is -2.42. The molecule has 1 aromatic heterocycles. The van der Waals surface area contributed by atoms with E-state index in [0.717, 1.165) is 25.9 Å². The van der Waals surface area contributed by atoms with Gasteiger partial charge in [0.15, 0.2) is 5.03 Å². The quantitative estimate of drug-likeness (QED) is 0.383. The second kappa shape index (κ2) is 12.3. The Bertz CT molecular complexity index is 1670. The van der Waals surface area contributed by atoms with Gasteiger partial charge in [-0.15, -0.1) is 0 Å². The number of aromatic nitrogens is 1. The van der Waals surface area contributed by atoms with Gasteiger partial charge in [-0.2, -0.15) is 12.7 Å². The molecule has 2 saturated heterocycles. The van der Waals surface area contributed by atoms with Crippen molar-refractivity contribution in [2.75, 3.05) is 64.8 Å². The van der Waals surface area contributed by atoms with E-state index in [1.807, 2.05) is 0 Å². The maximum Gasteiger partial charge on any atom is 0.411 e. The lowest BCUT2D eigenvalue weighted by atomic mass is 9.86. The summed E-state index contributed by atoms with van der Waals surface area (Å²) in [4.78, 5) is 39.2. The predicted molar refractivity (Wildman–Crippen MR) is 166 cm³/mol. The number of hydrogen-bond donors (Lipinski definition) is 0. The maximum absolute atomic E-state index is 14.8. The van der Waals surface area contributed by atoms with Gasteiger partial charge in [0, 0.05) is 44.0 Å². The minimum Gasteiger partial charge on any atom is -0.497 e. The molecule has 238 valence electrons. The molecule has 2 fully saturated rings. The van der Waals surface area contributed by atoms with Crippen molar-refractivity contribution in [1.29, 1.82) is 0 Å². The monoisotopic (exact) mass is 635 g/mol. The Kier molecular flexibility index (Phi) is 8.42. The number of nitrogens with zero attached hydrogens (tertiary/aromatic N) is 5. The number of hydrogen-bond acceptors (Lipinski definition) is 10. The summed E-state index contributed by atoms with van der Waals surface area (Å²) in [5.74, 6) is -0.392. The number of likely N-dealkylation sites (tertiary alicyclic amines) is 1. The van der Waals surface area contributed by atoms with Gasteiger partial charge in [0.1, 0.15) is 11.5 Å². The molecule has 45 heavy (non-hydrogen) atoms. The minimum absolute atomic E-state index is 0.0252. The molecule has 6 rings (SSSR count). The van der Waals surface area contributed by atoms with Crippen molar-refractivity contribution in [1.82, 2.24) is 19.7 Å². The third-order valence-electron chi connectivity index (χ3n) is 8.93. The van der Waals surface area contributed by atoms with Gasteiger partial charge in [-0.1, -0.05) is 24.3 Å². The summed E-state index contributed by atoms with van der Waals surface area (Å²) in [5, 5.41) is -0.327. The molecule has 0 radical (unpaired) electrons. The number of para-hydroxylation sites is 1. The number of fused-ring (bicyclic) bond motifs is 1. The van der Waals surface area contributed by atoms with E-state index in [1.165, 1.54) is 44.7 Å². The third kappa shape index (κ3) is 5.38. The molecule has 3 aromatic rings. The summed E-state index contributed by atoms with van der Waals surface area (Å²) < 4.78 is 46.2. The van der Waals surface area contributed by atoms with Gasteiger partial charge in [-0.3, -0.25) is 9.69 Å². The highest BCUT2D eigenvalue weighted by molar-refractivity contribution is 7.93. The first kappa shape index (κ1) is 30.8. The van der Waals surface area contributed by atoms with Crippen molar-refractivity contribution in [2.45, 2.75) is 29.5 Å². The average Bonchev–Trinajstić information content (AvgIpc) is 3.32. The molecule has 1 atom stereocenters. The molecule has 0 N–H and O–H groups in total. The highest BCUT2D eigenvalue weighted by Gasteiger charge is 2.61. The van der Waals surface area contributed by atoms with Crippen LogP contribution in [0.5, 0.6) is 11.5 Å². The normalized spacial score (nSPS) is 21.4. The van der Waals surface area contributed by atoms with Crippen LogP contribution in [-0.4, -0.2) is 107 Å². The Hall–Kier alpha value is -4.20. The van der Waals surface area contributed by atoms with Crippen LogP contribution in [0, 0.1) is 0 Å². The summed E-state index contributed by atoms with van der Waals surface area (Å²) in [6.07, 6.45) is 2.75. The van der Waals surface area contributed by atoms with E-state index in [9.17, 15) is 18.0 Å². The highest BCUT2D eigenvalue weighted by Crippen LogP contribution is 2.52. The number of piperazine rings is 1. The first-order valence-electron chi connectivity index (χ1n) is 14.9. The molecular weight excluding hydrogens is 598 g/mol. The maximum atomic E-state index is 14.8. The highest BCUT2D eigenvalue weighted by atomic mass is 32.2. The van der Waals surface area contributed by atoms with E-state index in [0.29, 0.717) is 42.3 Å². The van der Waals surface area contributed by atoms with Gasteiger partial charge >= 0.3 is 6.09 Å². The van der Waals surface area contributed by atoms with E-state index < -0.39 is 27.6 Å². The number of amides is 2. The zero-order valence-corrected chi connectivity index (χ0v) is 26.4. The topological polar surface area (TPSA) is 122 Å². The number of methoxy groups -OCH3 is 2. The van der Waals surface area contributed by atoms with Crippen LogP contribution in [-0.2, 0) is 25.2 Å². The van der Waals surface area contributed by atoms with Gasteiger partial charge < -0.3 is 24.0 Å². The van der Waals surface area contributed by atoms with Crippen LogP contribution in [0.4, 0.5) is 10.5 Å². The van der Waals surface area contributed by atoms with Crippen LogP contribution in [0.1, 0.15) is 24.0 Å². The standard InChI is InChI=1S/C32H37N5O7S/c1-34-16-13-23(14-17-34)35-18-20-36(21-19-35)31(39)44-32(25-8-4-5-9-28(25)43-3)26-22-24(42-2)11-12-27(26)37(30(32)38)45(40,41)29-10-6-7-15-33-29/h4-12,15,22-23H,13-14,16-21H2,1-3H3. The number of anilines is 1. The molecule has 0 aliphatic carbocycles. The van der Waals surface area contributed by atoms with E-state index in [-0.39, 0.29) is 27.6 Å². The fourth-order valence-electron chi connectivity index (χ4n) is 6.48. The van der Waals surface area contributed by atoms with Crippen LogP contribution in [0.2, 0.25) is 0 Å². The Labute approximate surface area is 263 Å². The molecular formula is C32H37N5O7S. The zero-order valence-electron chi connectivity index (χ0n) is 25.6. The van der Waals surface area contributed by atoms with Crippen LogP contribution in [0.15, 0.2) is 71.9 Å². The van der Waals surface area contributed by atoms with Crippen molar-refractivity contribution in [3.05, 3.63) is 78.0 Å². The van der Waals surface area contributed by atoms with Crippen LogP contribution in [0.25, 0.3) is 0 Å². The van der Waals surface area contributed by atoms with E-state index >= 15 is 0 Å². The molecule has 1 unspecified atom stereocenters. The number of pyridine rings is 1. The Morgan fingerprint density at radius 2 is 1.60 bits per heavy atom. The number of ether oxygens (including phenoxy) is 3. The number of carbonyl (C=O) groups is 2. The van der Waals surface area contributed by atoms with Crippen LogP contribution in [0.3, 0.4) is 0 Å². The van der Waals surface area contributed by atoms with Crippen molar-refractivity contribution >= 4 is 27.7 Å². The average molecular weight is 636 g/mol. The molecule has 0 spiro atoms. The van der Waals surface area contributed by atoms with Crippen molar-refractivity contribution in [2.24, 2.45) is 0 Å². The summed E-state index contributed by atoms with van der Waals surface area (Å²) in [6.45, 7) is 4.23. The number of sulfonamides is 1. The van der Waals surface area contributed by atoms with Crippen molar-refractivity contribution in [3.63, 3.8) is 0 Å². The van der Waals surface area contributed by atoms with Crippen molar-refractivity contribution in [3.8, 4) is 11.5 Å². The van der Waals surface area contributed by atoms with Gasteiger partial charge in [0.05, 0.1) is 25.5 Å². The molecule has 13 heteroatoms. The minimum atomic E-state index is -4.53. The van der Waals surface area contributed by atoms with Crippen LogP contribution >= 0.6 is 0 Å². The molecule has 2 amide bonds. The molecule has 3 aliphatic rings. The fourth-order valence-corrected chi connectivity index (χ4v) is 7.87. The van der Waals surface area contributed by atoms with E-state index in [4.69, 9.17) is 14.2 Å². The second-order valence-electron chi connectivity index (χ2n) is 11.4. The summed E-state index contributed by atoms with van der Waals surface area (Å²) in [5.41, 5.74) is -1.86. The van der Waals surface area contributed by atoms with Gasteiger partial charge in [-0.25, -0.2) is 9.78 Å². The number of carbonyl (C=O) groups excluding carboxylic acids is 2. The molecule has 0 saturated carbocycles. The predicted octanol–water partition coefficient (Wildman–Crippen LogP) is 2.93. The van der Waals surface area contributed by atoms with Crippen molar-refractivity contribution < 1.29 is 32.2 Å². The van der Waals surface area contributed by atoms with Gasteiger partial charge in [0.2, 0.25) is 5.60 Å². The lowest BCUT2D eigenvalue weighted by molar-refractivity contribution is -0.132. The first-order chi connectivity index (χ1) is 21.7. The number of benzene rings is 2. The van der Waals surface area contributed by atoms with E-state index in [1.54, 1.807) is 41.3 Å². The molecule has 0 bridgehead atoms. The fraction of sp³-hybridized carbons (Fsp3) is 0.406. The number of piperidine rings is 1. The molecule has 4 heterocycles. The summed E-state index contributed by atoms with van der Waals surface area (Å²) in [6, 6.07) is 16.0. The number of rotatable bonds is 7. The van der Waals surface area contributed by atoms with Crippen LogP contribution < -0.4 is 13.8 Å². The first-order valence-corrected chi connectivity index (χ1v) is 16.4. The zero-order chi connectivity index (χ0) is 31.8. The summed E-state index contributed by atoms with van der Waals surface area (Å²) in [7, 11) is 0.495. The molecule has 3 aliphatic heterocycles. The smallest absolute Gasteiger partial charge is 0.411 e. The van der Waals surface area contributed by atoms with E-state index in [2.05, 4.69) is 21.8 Å². The Balaban J connectivity index is 1.41. The SMILES string of the molecule is COc1ccc2c(c1)C(OC(=O)N1CCN(C3CCN(C)CC3)CC1)(c1ccccc1OC)C(=O)N2S(=O)(=O)c1ccccn1. The van der Waals surface area contributed by atoms with Gasteiger partial charge in [-0.05, 0) is 69.4 Å². The van der Waals surface area contributed by atoms with Gasteiger partial charge in [0.25, 0.3) is 15.9 Å². The molecule has 2 aromatic carbocycles.